The quantitative estimate of drug-likeness (QED) is 0.611. The van der Waals surface area contributed by atoms with Crippen molar-refractivity contribution >= 4 is 15.9 Å². The normalized spacial score (nSPS) is 17.6. The Morgan fingerprint density at radius 1 is 1.06 bits per heavy atom. The van der Waals surface area contributed by atoms with E-state index in [-0.39, 0.29) is 22.3 Å². The second-order valence-corrected chi connectivity index (χ2v) is 11.3. The van der Waals surface area contributed by atoms with Crippen LogP contribution in [0.5, 0.6) is 0 Å². The van der Waals surface area contributed by atoms with Crippen molar-refractivity contribution in [2.45, 2.75) is 62.9 Å². The molecule has 0 spiro atoms. The minimum Gasteiger partial charge on any atom is -0.335 e. The minimum atomic E-state index is -3.75. The Balaban J connectivity index is 1.42. The smallest absolute Gasteiger partial charge is 0.244 e. The van der Waals surface area contributed by atoms with E-state index in [4.69, 9.17) is 0 Å². The predicted molar refractivity (Wildman–Crippen MR) is 127 cm³/mol. The molecule has 1 heterocycles. The summed E-state index contributed by atoms with van der Waals surface area (Å²) in [6, 6.07) is 17.0. The highest BCUT2D eigenvalue weighted by atomic mass is 32.2. The summed E-state index contributed by atoms with van der Waals surface area (Å²) in [5.74, 6) is 0.444. The van der Waals surface area contributed by atoms with E-state index in [0.29, 0.717) is 44.4 Å². The maximum Gasteiger partial charge on any atom is 0.244 e. The third-order valence-corrected chi connectivity index (χ3v) is 8.66. The van der Waals surface area contributed by atoms with Crippen molar-refractivity contribution in [1.29, 1.82) is 5.26 Å². The van der Waals surface area contributed by atoms with Crippen LogP contribution in [-0.4, -0.2) is 42.7 Å². The lowest BCUT2D eigenvalue weighted by Crippen LogP contribution is -2.45. The maximum atomic E-state index is 13.4. The molecule has 1 saturated carbocycles. The van der Waals surface area contributed by atoms with E-state index >= 15 is 0 Å². The van der Waals surface area contributed by atoms with Crippen LogP contribution in [0.25, 0.3) is 0 Å². The van der Waals surface area contributed by atoms with Gasteiger partial charge in [-0.1, -0.05) is 50.2 Å². The first-order valence-electron chi connectivity index (χ1n) is 11.7. The molecule has 1 amide bonds. The molecule has 6 nitrogen and oxygen atoms in total. The van der Waals surface area contributed by atoms with Crippen LogP contribution in [0.1, 0.15) is 62.1 Å². The van der Waals surface area contributed by atoms with Crippen LogP contribution in [0, 0.1) is 17.2 Å². The van der Waals surface area contributed by atoms with Gasteiger partial charge in [-0.05, 0) is 54.9 Å². The van der Waals surface area contributed by atoms with Gasteiger partial charge in [-0.2, -0.15) is 9.57 Å². The zero-order valence-electron chi connectivity index (χ0n) is 19.3. The van der Waals surface area contributed by atoms with Gasteiger partial charge in [0.25, 0.3) is 0 Å². The summed E-state index contributed by atoms with van der Waals surface area (Å²) in [7, 11) is -3.75. The fourth-order valence-corrected chi connectivity index (χ4v) is 6.09. The molecule has 0 aromatic heterocycles. The molecule has 174 valence electrons. The minimum absolute atomic E-state index is 0.0433. The molecule has 2 aromatic rings. The average Bonchev–Trinajstić information content (AvgIpc) is 3.68. The number of carbonyl (C=O) groups is 1. The number of nitrogens with zero attached hydrogens (tertiary/aromatic N) is 3. The second kappa shape index (κ2) is 9.66. The standard InChI is InChI=1S/C26H31N3O3S/c1-19(2)21-9-7-20(8-10-21)18-29(24-11-12-24)26(30)22-13-15-28(16-14-22)33(31,32)25-6-4-3-5-23(25)17-27/h3-10,19,22,24H,11-16,18H2,1-2H3. The van der Waals surface area contributed by atoms with Gasteiger partial charge >= 0.3 is 0 Å². The number of carbonyl (C=O) groups excluding carboxylic acids is 1. The molecule has 2 aliphatic rings. The molecule has 0 bridgehead atoms. The zero-order chi connectivity index (χ0) is 23.6. The summed E-state index contributed by atoms with van der Waals surface area (Å²) >= 11 is 0. The van der Waals surface area contributed by atoms with E-state index in [1.165, 1.54) is 22.0 Å². The molecule has 0 unspecified atom stereocenters. The molecule has 1 saturated heterocycles. The highest BCUT2D eigenvalue weighted by Gasteiger charge is 2.39. The molecule has 0 atom stereocenters. The second-order valence-electron chi connectivity index (χ2n) is 9.38. The summed E-state index contributed by atoms with van der Waals surface area (Å²) in [6.45, 7) is 5.52. The van der Waals surface area contributed by atoms with E-state index in [0.717, 1.165) is 18.4 Å². The molecule has 2 fully saturated rings. The number of sulfonamides is 1. The van der Waals surface area contributed by atoms with Crippen LogP contribution in [-0.2, 0) is 21.4 Å². The molecule has 4 rings (SSSR count). The van der Waals surface area contributed by atoms with E-state index < -0.39 is 10.0 Å². The molecular formula is C26H31N3O3S. The Morgan fingerprint density at radius 2 is 1.70 bits per heavy atom. The first kappa shape index (κ1) is 23.5. The van der Waals surface area contributed by atoms with Crippen LogP contribution in [0.4, 0.5) is 0 Å². The Morgan fingerprint density at radius 3 is 2.27 bits per heavy atom. The third-order valence-electron chi connectivity index (χ3n) is 6.70. The zero-order valence-corrected chi connectivity index (χ0v) is 20.1. The van der Waals surface area contributed by atoms with Crippen LogP contribution >= 0.6 is 0 Å². The summed E-state index contributed by atoms with van der Waals surface area (Å²) in [6.07, 6.45) is 3.08. The van der Waals surface area contributed by atoms with Gasteiger partial charge in [0.05, 0.1) is 10.5 Å². The van der Waals surface area contributed by atoms with Crippen molar-refractivity contribution in [2.75, 3.05) is 13.1 Å². The van der Waals surface area contributed by atoms with Gasteiger partial charge in [-0.25, -0.2) is 8.42 Å². The van der Waals surface area contributed by atoms with Gasteiger partial charge in [0, 0.05) is 31.6 Å². The van der Waals surface area contributed by atoms with Crippen molar-refractivity contribution in [3.05, 3.63) is 65.2 Å². The summed E-state index contributed by atoms with van der Waals surface area (Å²) in [4.78, 5) is 15.4. The number of nitriles is 1. The van der Waals surface area contributed by atoms with E-state index in [2.05, 4.69) is 38.1 Å². The van der Waals surface area contributed by atoms with Crippen molar-refractivity contribution in [2.24, 2.45) is 5.92 Å². The number of hydrogen-bond acceptors (Lipinski definition) is 4. The Hall–Kier alpha value is -2.69. The van der Waals surface area contributed by atoms with Crippen LogP contribution in [0.15, 0.2) is 53.4 Å². The largest absolute Gasteiger partial charge is 0.335 e. The predicted octanol–water partition coefficient (Wildman–Crippen LogP) is 4.27. The van der Waals surface area contributed by atoms with Crippen LogP contribution in [0.3, 0.4) is 0 Å². The molecule has 1 aliphatic heterocycles. The van der Waals surface area contributed by atoms with Crippen LogP contribution in [0.2, 0.25) is 0 Å². The Bertz CT molecular complexity index is 1140. The molecule has 1 aliphatic carbocycles. The fraction of sp³-hybridized carbons (Fsp3) is 0.462. The molecule has 0 N–H and O–H groups in total. The maximum absolute atomic E-state index is 13.4. The van der Waals surface area contributed by atoms with Gasteiger partial charge in [0.2, 0.25) is 15.9 Å². The molecule has 0 radical (unpaired) electrons. The molecule has 33 heavy (non-hydrogen) atoms. The third kappa shape index (κ3) is 5.13. The van der Waals surface area contributed by atoms with Gasteiger partial charge in [-0.3, -0.25) is 4.79 Å². The van der Waals surface area contributed by atoms with Gasteiger partial charge in [-0.15, -0.1) is 0 Å². The number of hydrogen-bond donors (Lipinski definition) is 0. The SMILES string of the molecule is CC(C)c1ccc(CN(C(=O)C2CCN(S(=O)(=O)c3ccccc3C#N)CC2)C2CC2)cc1. The van der Waals surface area contributed by atoms with Gasteiger partial charge in [0.1, 0.15) is 6.07 Å². The fourth-order valence-electron chi connectivity index (χ4n) is 4.48. The number of benzene rings is 2. The number of piperidine rings is 1. The van der Waals surface area contributed by atoms with E-state index in [1.54, 1.807) is 12.1 Å². The van der Waals surface area contributed by atoms with Crippen molar-refractivity contribution < 1.29 is 13.2 Å². The molecule has 7 heteroatoms. The van der Waals surface area contributed by atoms with Gasteiger partial charge < -0.3 is 4.90 Å². The topological polar surface area (TPSA) is 81.5 Å². The van der Waals surface area contributed by atoms with Crippen molar-refractivity contribution in [3.63, 3.8) is 0 Å². The monoisotopic (exact) mass is 465 g/mol. The van der Waals surface area contributed by atoms with Gasteiger partial charge in [0.15, 0.2) is 0 Å². The lowest BCUT2D eigenvalue weighted by molar-refractivity contribution is -0.138. The number of amides is 1. The Labute approximate surface area is 196 Å². The van der Waals surface area contributed by atoms with Crippen molar-refractivity contribution in [3.8, 4) is 6.07 Å². The lowest BCUT2D eigenvalue weighted by atomic mass is 9.96. The van der Waals surface area contributed by atoms with Crippen molar-refractivity contribution in [1.82, 2.24) is 9.21 Å². The Kier molecular flexibility index (Phi) is 6.87. The first-order chi connectivity index (χ1) is 15.8. The summed E-state index contributed by atoms with van der Waals surface area (Å²) in [5.41, 5.74) is 2.57. The van der Waals surface area contributed by atoms with E-state index in [1.807, 2.05) is 11.0 Å². The van der Waals surface area contributed by atoms with Crippen LogP contribution < -0.4 is 0 Å². The van der Waals surface area contributed by atoms with E-state index in [9.17, 15) is 18.5 Å². The number of rotatable bonds is 7. The molecule has 2 aromatic carbocycles. The highest BCUT2D eigenvalue weighted by molar-refractivity contribution is 7.89. The summed E-state index contributed by atoms with van der Waals surface area (Å²) < 4.78 is 27.6. The average molecular weight is 466 g/mol. The first-order valence-corrected chi connectivity index (χ1v) is 13.1. The molecular weight excluding hydrogens is 434 g/mol. The summed E-state index contributed by atoms with van der Waals surface area (Å²) in [5, 5.41) is 9.29. The lowest BCUT2D eigenvalue weighted by Gasteiger charge is -2.34. The highest BCUT2D eigenvalue weighted by Crippen LogP contribution is 2.33.